The minimum Gasteiger partial charge on any atom is -0.359 e. The molecule has 2 aromatic carbocycles. The fourth-order valence-electron chi connectivity index (χ4n) is 3.69. The second-order valence-corrected chi connectivity index (χ2v) is 7.58. The molecule has 2 heterocycles. The first-order valence-electron chi connectivity index (χ1n) is 9.40. The van der Waals surface area contributed by atoms with Crippen LogP contribution in [0.15, 0.2) is 54.7 Å². The number of benzene rings is 2. The van der Waals surface area contributed by atoms with E-state index in [1.54, 1.807) is 0 Å². The Labute approximate surface area is 164 Å². The lowest BCUT2D eigenvalue weighted by Crippen LogP contribution is -2.34. The third kappa shape index (κ3) is 3.79. The minimum absolute atomic E-state index is 0.229. The average Bonchev–Trinajstić information content (AvgIpc) is 3.13. The van der Waals surface area contributed by atoms with Gasteiger partial charge >= 0.3 is 0 Å². The number of carbonyl (C=O) groups is 1. The number of para-hydroxylation sites is 1. The summed E-state index contributed by atoms with van der Waals surface area (Å²) in [4.78, 5) is 17.8. The number of fused-ring (bicyclic) bond motifs is 1. The number of rotatable bonds is 4. The second-order valence-electron chi connectivity index (χ2n) is 7.17. The van der Waals surface area contributed by atoms with Gasteiger partial charge in [-0.05, 0) is 37.0 Å². The molecule has 0 saturated heterocycles. The third-order valence-corrected chi connectivity index (χ3v) is 5.64. The summed E-state index contributed by atoms with van der Waals surface area (Å²) in [6, 6.07) is 14.4. The van der Waals surface area contributed by atoms with E-state index >= 15 is 0 Å². The van der Waals surface area contributed by atoms with E-state index in [1.807, 2.05) is 23.2 Å². The topological polar surface area (TPSA) is 36.1 Å². The van der Waals surface area contributed by atoms with E-state index in [2.05, 4.69) is 48.3 Å². The molecule has 1 N–H and O–H groups in total. The van der Waals surface area contributed by atoms with Crippen molar-refractivity contribution < 1.29 is 4.79 Å². The lowest BCUT2D eigenvalue weighted by atomic mass is 9.98. The van der Waals surface area contributed by atoms with Gasteiger partial charge in [-0.3, -0.25) is 4.79 Å². The van der Waals surface area contributed by atoms with Crippen LogP contribution in [0.1, 0.15) is 29.5 Å². The molecule has 4 rings (SSSR count). The van der Waals surface area contributed by atoms with E-state index in [9.17, 15) is 4.79 Å². The van der Waals surface area contributed by atoms with Crippen molar-refractivity contribution in [2.24, 2.45) is 0 Å². The summed E-state index contributed by atoms with van der Waals surface area (Å²) < 4.78 is 0. The Morgan fingerprint density at radius 3 is 2.74 bits per heavy atom. The van der Waals surface area contributed by atoms with Gasteiger partial charge < -0.3 is 9.88 Å². The lowest BCUT2D eigenvalue weighted by Gasteiger charge is -2.26. The van der Waals surface area contributed by atoms with Crippen molar-refractivity contribution in [3.05, 3.63) is 76.5 Å². The Morgan fingerprint density at radius 1 is 1.19 bits per heavy atom. The third-order valence-electron chi connectivity index (χ3n) is 5.32. The van der Waals surface area contributed by atoms with Crippen LogP contribution in [0.4, 0.5) is 0 Å². The highest BCUT2D eigenvalue weighted by Gasteiger charge is 2.19. The summed E-state index contributed by atoms with van der Waals surface area (Å²) >= 11 is 6.26. The molecule has 0 radical (unpaired) electrons. The molecule has 4 heteroatoms. The standard InChI is InChI=1S/C23H23ClN2O/c1-16-5-7-17(8-6-16)9-10-22(27)26-13-11-18(12-14-26)20-15-25-23-19(20)3-2-4-21(23)24/h2-8,11,15,25H,9-10,12-14H2,1H3. The number of aromatic amines is 1. The molecule has 0 unspecified atom stereocenters. The summed E-state index contributed by atoms with van der Waals surface area (Å²) in [5.41, 5.74) is 5.92. The van der Waals surface area contributed by atoms with Crippen LogP contribution in [0.3, 0.4) is 0 Å². The number of halogens is 1. The molecule has 0 fully saturated rings. The summed E-state index contributed by atoms with van der Waals surface area (Å²) in [6.07, 6.45) is 6.44. The van der Waals surface area contributed by atoms with Gasteiger partial charge in [0.15, 0.2) is 0 Å². The highest BCUT2D eigenvalue weighted by atomic mass is 35.5. The number of nitrogens with zero attached hydrogens (tertiary/aromatic N) is 1. The van der Waals surface area contributed by atoms with Crippen molar-refractivity contribution in [3.63, 3.8) is 0 Å². The molecule has 1 aliphatic heterocycles. The Hall–Kier alpha value is -2.52. The van der Waals surface area contributed by atoms with Crippen molar-refractivity contribution in [2.75, 3.05) is 13.1 Å². The Balaban J connectivity index is 1.41. The first-order chi connectivity index (χ1) is 13.1. The van der Waals surface area contributed by atoms with Crippen LogP contribution in [-0.2, 0) is 11.2 Å². The molecule has 138 valence electrons. The molecule has 0 saturated carbocycles. The fourth-order valence-corrected chi connectivity index (χ4v) is 3.92. The molecule has 0 spiro atoms. The van der Waals surface area contributed by atoms with Gasteiger partial charge in [-0.15, -0.1) is 0 Å². The zero-order valence-electron chi connectivity index (χ0n) is 15.5. The Morgan fingerprint density at radius 2 is 2.00 bits per heavy atom. The Bertz CT molecular complexity index is 1000. The molecule has 1 aromatic heterocycles. The van der Waals surface area contributed by atoms with Crippen LogP contribution in [0, 0.1) is 6.92 Å². The number of hydrogen-bond donors (Lipinski definition) is 1. The molecule has 3 aromatic rings. The quantitative estimate of drug-likeness (QED) is 0.650. The predicted molar refractivity (Wildman–Crippen MR) is 112 cm³/mol. The van der Waals surface area contributed by atoms with E-state index in [0.29, 0.717) is 13.0 Å². The maximum absolute atomic E-state index is 12.6. The largest absolute Gasteiger partial charge is 0.359 e. The molecule has 27 heavy (non-hydrogen) atoms. The van der Waals surface area contributed by atoms with Gasteiger partial charge in [0.2, 0.25) is 5.91 Å². The van der Waals surface area contributed by atoms with Crippen LogP contribution in [0.5, 0.6) is 0 Å². The van der Waals surface area contributed by atoms with Gasteiger partial charge in [0.25, 0.3) is 0 Å². The summed E-state index contributed by atoms with van der Waals surface area (Å²) in [5.74, 6) is 0.229. The average molecular weight is 379 g/mol. The fraction of sp³-hybridized carbons (Fsp3) is 0.261. The molecule has 1 amide bonds. The van der Waals surface area contributed by atoms with E-state index in [1.165, 1.54) is 22.3 Å². The first kappa shape index (κ1) is 17.9. The number of nitrogens with one attached hydrogen (secondary N) is 1. The van der Waals surface area contributed by atoms with Crippen LogP contribution >= 0.6 is 11.6 Å². The summed E-state index contributed by atoms with van der Waals surface area (Å²) in [5, 5.41) is 1.89. The Kier molecular flexibility index (Phi) is 5.04. The normalized spacial score (nSPS) is 14.4. The van der Waals surface area contributed by atoms with Crippen molar-refractivity contribution in [2.45, 2.75) is 26.2 Å². The number of carbonyl (C=O) groups excluding carboxylic acids is 1. The van der Waals surface area contributed by atoms with Gasteiger partial charge in [-0.25, -0.2) is 0 Å². The van der Waals surface area contributed by atoms with Crippen LogP contribution < -0.4 is 0 Å². The molecule has 0 atom stereocenters. The highest BCUT2D eigenvalue weighted by molar-refractivity contribution is 6.35. The first-order valence-corrected chi connectivity index (χ1v) is 9.78. The van der Waals surface area contributed by atoms with Crippen LogP contribution in [0.25, 0.3) is 16.5 Å². The van der Waals surface area contributed by atoms with Gasteiger partial charge in [-0.1, -0.05) is 59.6 Å². The number of aryl methyl sites for hydroxylation is 2. The van der Waals surface area contributed by atoms with Gasteiger partial charge in [0.1, 0.15) is 0 Å². The number of aromatic nitrogens is 1. The zero-order chi connectivity index (χ0) is 18.8. The lowest BCUT2D eigenvalue weighted by molar-refractivity contribution is -0.130. The zero-order valence-corrected chi connectivity index (χ0v) is 16.2. The summed E-state index contributed by atoms with van der Waals surface area (Å²) in [7, 11) is 0. The monoisotopic (exact) mass is 378 g/mol. The smallest absolute Gasteiger partial charge is 0.223 e. The van der Waals surface area contributed by atoms with Crippen molar-refractivity contribution in [3.8, 4) is 0 Å². The van der Waals surface area contributed by atoms with Crippen molar-refractivity contribution >= 4 is 34.0 Å². The van der Waals surface area contributed by atoms with Gasteiger partial charge in [0.05, 0.1) is 10.5 Å². The second kappa shape index (κ2) is 7.61. The number of amides is 1. The maximum atomic E-state index is 12.6. The van der Waals surface area contributed by atoms with Crippen molar-refractivity contribution in [1.29, 1.82) is 0 Å². The van der Waals surface area contributed by atoms with Gasteiger partial charge in [-0.2, -0.15) is 0 Å². The van der Waals surface area contributed by atoms with Crippen molar-refractivity contribution in [1.82, 2.24) is 9.88 Å². The highest BCUT2D eigenvalue weighted by Crippen LogP contribution is 2.32. The van der Waals surface area contributed by atoms with Crippen LogP contribution in [-0.4, -0.2) is 28.9 Å². The van der Waals surface area contributed by atoms with E-state index < -0.39 is 0 Å². The summed E-state index contributed by atoms with van der Waals surface area (Å²) in [6.45, 7) is 3.52. The number of H-pyrrole nitrogens is 1. The SMILES string of the molecule is Cc1ccc(CCC(=O)N2CC=C(c3c[nH]c4c(Cl)cccc34)CC2)cc1. The van der Waals surface area contributed by atoms with E-state index in [0.717, 1.165) is 35.3 Å². The number of hydrogen-bond acceptors (Lipinski definition) is 1. The van der Waals surface area contributed by atoms with Crippen LogP contribution in [0.2, 0.25) is 5.02 Å². The van der Waals surface area contributed by atoms with E-state index in [4.69, 9.17) is 11.6 Å². The molecule has 1 aliphatic rings. The molecule has 0 aliphatic carbocycles. The van der Waals surface area contributed by atoms with E-state index in [-0.39, 0.29) is 5.91 Å². The molecule has 3 nitrogen and oxygen atoms in total. The maximum Gasteiger partial charge on any atom is 0.223 e. The molecule has 0 bridgehead atoms. The minimum atomic E-state index is 0.229. The molecular weight excluding hydrogens is 356 g/mol. The predicted octanol–water partition coefficient (Wildman–Crippen LogP) is 5.38. The molecular formula is C23H23ClN2O. The van der Waals surface area contributed by atoms with Gasteiger partial charge in [0, 0.05) is 36.7 Å².